The van der Waals surface area contributed by atoms with Crippen molar-refractivity contribution in [2.75, 3.05) is 24.7 Å². The zero-order valence-electron chi connectivity index (χ0n) is 13.5. The number of hydrogen-bond donors (Lipinski definition) is 2. The van der Waals surface area contributed by atoms with Crippen LogP contribution in [0.5, 0.6) is 0 Å². The van der Waals surface area contributed by atoms with Crippen LogP contribution in [0.3, 0.4) is 0 Å². The molecule has 1 aromatic heterocycles. The van der Waals surface area contributed by atoms with E-state index in [4.69, 9.17) is 5.73 Å². The summed E-state index contributed by atoms with van der Waals surface area (Å²) in [4.78, 5) is 25.4. The first kappa shape index (κ1) is 17.4. The summed E-state index contributed by atoms with van der Waals surface area (Å²) in [7, 11) is -3.30. The molecule has 0 radical (unpaired) electrons. The SMILES string of the molecule is CS(=O)(=O)N1CCC[C@@H](C(=O)Nc2sc3c(c2C(N)=O)CCC3)C1. The second-order valence-electron chi connectivity index (χ2n) is 6.38. The van der Waals surface area contributed by atoms with Crippen LogP contribution in [0.25, 0.3) is 0 Å². The molecule has 7 nitrogen and oxygen atoms in total. The number of carbonyl (C=O) groups excluding carboxylic acids is 2. The van der Waals surface area contributed by atoms with Crippen LogP contribution in [0.4, 0.5) is 5.00 Å². The van der Waals surface area contributed by atoms with Gasteiger partial charge in [-0.3, -0.25) is 9.59 Å². The first-order chi connectivity index (χ1) is 11.3. The number of anilines is 1. The molecule has 0 bridgehead atoms. The molecule has 132 valence electrons. The van der Waals surface area contributed by atoms with Gasteiger partial charge in [-0.25, -0.2) is 12.7 Å². The van der Waals surface area contributed by atoms with E-state index < -0.39 is 21.8 Å². The molecule has 0 saturated carbocycles. The van der Waals surface area contributed by atoms with Gasteiger partial charge < -0.3 is 11.1 Å². The molecule has 2 amide bonds. The van der Waals surface area contributed by atoms with Crippen LogP contribution in [-0.2, 0) is 27.7 Å². The molecule has 0 spiro atoms. The van der Waals surface area contributed by atoms with Gasteiger partial charge in [0, 0.05) is 18.0 Å². The first-order valence-electron chi connectivity index (χ1n) is 7.97. The quantitative estimate of drug-likeness (QED) is 0.821. The fourth-order valence-electron chi connectivity index (χ4n) is 3.42. The van der Waals surface area contributed by atoms with E-state index in [1.165, 1.54) is 15.6 Å². The molecule has 0 unspecified atom stereocenters. The van der Waals surface area contributed by atoms with Gasteiger partial charge in [0.2, 0.25) is 15.9 Å². The molecule has 2 heterocycles. The number of aryl methyl sites for hydroxylation is 1. The van der Waals surface area contributed by atoms with Crippen molar-refractivity contribution in [2.24, 2.45) is 11.7 Å². The van der Waals surface area contributed by atoms with E-state index in [0.29, 0.717) is 30.0 Å². The van der Waals surface area contributed by atoms with Gasteiger partial charge in [0.15, 0.2) is 0 Å². The van der Waals surface area contributed by atoms with Crippen LogP contribution in [0, 0.1) is 5.92 Å². The van der Waals surface area contributed by atoms with Crippen LogP contribution in [0.15, 0.2) is 0 Å². The number of amides is 2. The van der Waals surface area contributed by atoms with Gasteiger partial charge >= 0.3 is 0 Å². The minimum Gasteiger partial charge on any atom is -0.365 e. The molecule has 2 aliphatic rings. The summed E-state index contributed by atoms with van der Waals surface area (Å²) in [6.07, 6.45) is 5.15. The highest BCUT2D eigenvalue weighted by atomic mass is 32.2. The van der Waals surface area contributed by atoms with Crippen molar-refractivity contribution in [1.82, 2.24) is 4.31 Å². The Hall–Kier alpha value is -1.45. The van der Waals surface area contributed by atoms with E-state index in [2.05, 4.69) is 5.32 Å². The van der Waals surface area contributed by atoms with Gasteiger partial charge in [0.1, 0.15) is 5.00 Å². The van der Waals surface area contributed by atoms with Gasteiger partial charge in [0.05, 0.1) is 17.7 Å². The van der Waals surface area contributed by atoms with E-state index in [1.54, 1.807) is 0 Å². The summed E-state index contributed by atoms with van der Waals surface area (Å²) < 4.78 is 24.7. The molecule has 1 fully saturated rings. The summed E-state index contributed by atoms with van der Waals surface area (Å²) in [6, 6.07) is 0. The number of nitrogens with two attached hydrogens (primary N) is 1. The normalized spacial score (nSPS) is 21.5. The molecule has 1 saturated heterocycles. The topological polar surface area (TPSA) is 110 Å². The number of sulfonamides is 1. The molecule has 1 aliphatic carbocycles. The smallest absolute Gasteiger partial charge is 0.251 e. The van der Waals surface area contributed by atoms with Crippen molar-refractivity contribution >= 4 is 38.2 Å². The van der Waals surface area contributed by atoms with Crippen LogP contribution < -0.4 is 11.1 Å². The standard InChI is InChI=1S/C15H21N3O4S2/c1-24(21,22)18-7-3-4-9(8-18)14(20)17-15-12(13(16)19)10-5-2-6-11(10)23-15/h9H,2-8H2,1H3,(H2,16,19)(H,17,20)/t9-/m1/s1. The highest BCUT2D eigenvalue weighted by molar-refractivity contribution is 7.88. The summed E-state index contributed by atoms with van der Waals surface area (Å²) in [5.41, 5.74) is 6.88. The van der Waals surface area contributed by atoms with Crippen LogP contribution in [0.1, 0.15) is 40.1 Å². The highest BCUT2D eigenvalue weighted by Crippen LogP contribution is 2.39. The van der Waals surface area contributed by atoms with Crippen molar-refractivity contribution in [2.45, 2.75) is 32.1 Å². The Kier molecular flexibility index (Phi) is 4.67. The highest BCUT2D eigenvalue weighted by Gasteiger charge is 2.32. The molecule has 1 aromatic rings. The van der Waals surface area contributed by atoms with Crippen LogP contribution in [0.2, 0.25) is 0 Å². The van der Waals surface area contributed by atoms with Gasteiger partial charge in [0.25, 0.3) is 5.91 Å². The minimum absolute atomic E-state index is 0.182. The molecule has 1 aliphatic heterocycles. The Labute approximate surface area is 145 Å². The van der Waals surface area contributed by atoms with E-state index in [9.17, 15) is 18.0 Å². The van der Waals surface area contributed by atoms with E-state index in [1.807, 2.05) is 0 Å². The molecular formula is C15H21N3O4S2. The van der Waals surface area contributed by atoms with E-state index >= 15 is 0 Å². The molecule has 1 atom stereocenters. The average Bonchev–Trinajstić information content (AvgIpc) is 3.06. The third kappa shape index (κ3) is 3.33. The lowest BCUT2D eigenvalue weighted by Gasteiger charge is -2.30. The lowest BCUT2D eigenvalue weighted by Crippen LogP contribution is -2.43. The number of nitrogens with zero attached hydrogens (tertiary/aromatic N) is 1. The van der Waals surface area contributed by atoms with Gasteiger partial charge in [-0.15, -0.1) is 11.3 Å². The Bertz CT molecular complexity index is 785. The summed E-state index contributed by atoms with van der Waals surface area (Å²) >= 11 is 1.41. The van der Waals surface area contributed by atoms with Crippen molar-refractivity contribution in [3.8, 4) is 0 Å². The Morgan fingerprint density at radius 1 is 1.29 bits per heavy atom. The maximum absolute atomic E-state index is 12.6. The van der Waals surface area contributed by atoms with Gasteiger partial charge in [-0.2, -0.15) is 0 Å². The lowest BCUT2D eigenvalue weighted by atomic mass is 9.99. The Morgan fingerprint density at radius 2 is 2.04 bits per heavy atom. The Balaban J connectivity index is 1.77. The number of hydrogen-bond acceptors (Lipinski definition) is 5. The van der Waals surface area contributed by atoms with E-state index in [-0.39, 0.29) is 12.5 Å². The molecular weight excluding hydrogens is 350 g/mol. The second-order valence-corrected chi connectivity index (χ2v) is 9.46. The third-order valence-corrected chi connectivity index (χ3v) is 7.11. The monoisotopic (exact) mass is 371 g/mol. The average molecular weight is 371 g/mol. The number of thiophene rings is 1. The Morgan fingerprint density at radius 3 is 2.71 bits per heavy atom. The van der Waals surface area contributed by atoms with Crippen molar-refractivity contribution in [1.29, 1.82) is 0 Å². The largest absolute Gasteiger partial charge is 0.365 e. The fraction of sp³-hybridized carbons (Fsp3) is 0.600. The number of carbonyl (C=O) groups is 2. The predicted octanol–water partition coefficient (Wildman–Crippen LogP) is 0.946. The fourth-order valence-corrected chi connectivity index (χ4v) is 5.63. The molecule has 3 N–H and O–H groups in total. The van der Waals surface area contributed by atoms with Gasteiger partial charge in [-0.1, -0.05) is 0 Å². The van der Waals surface area contributed by atoms with Crippen molar-refractivity contribution in [3.63, 3.8) is 0 Å². The van der Waals surface area contributed by atoms with Crippen LogP contribution in [-0.4, -0.2) is 43.9 Å². The van der Waals surface area contributed by atoms with Gasteiger partial charge in [-0.05, 0) is 37.7 Å². The predicted molar refractivity (Wildman–Crippen MR) is 92.6 cm³/mol. The summed E-state index contributed by atoms with van der Waals surface area (Å²) in [5.74, 6) is -1.18. The molecule has 9 heteroatoms. The van der Waals surface area contributed by atoms with Crippen molar-refractivity contribution < 1.29 is 18.0 Å². The molecule has 3 rings (SSSR count). The molecule has 0 aromatic carbocycles. The second kappa shape index (κ2) is 6.45. The number of primary amides is 1. The number of rotatable bonds is 4. The molecule has 24 heavy (non-hydrogen) atoms. The maximum Gasteiger partial charge on any atom is 0.251 e. The van der Waals surface area contributed by atoms with Crippen molar-refractivity contribution in [3.05, 3.63) is 16.0 Å². The zero-order valence-corrected chi connectivity index (χ0v) is 15.1. The third-order valence-electron chi connectivity index (χ3n) is 4.63. The lowest BCUT2D eigenvalue weighted by molar-refractivity contribution is -0.120. The zero-order chi connectivity index (χ0) is 17.5. The minimum atomic E-state index is -3.30. The number of piperidine rings is 1. The first-order valence-corrected chi connectivity index (χ1v) is 10.6. The van der Waals surface area contributed by atoms with Crippen LogP contribution >= 0.6 is 11.3 Å². The number of nitrogens with one attached hydrogen (secondary N) is 1. The van der Waals surface area contributed by atoms with E-state index in [0.717, 1.165) is 36.0 Å². The maximum atomic E-state index is 12.6. The summed E-state index contributed by atoms with van der Waals surface area (Å²) in [6.45, 7) is 0.629. The number of fused-ring (bicyclic) bond motifs is 1. The summed E-state index contributed by atoms with van der Waals surface area (Å²) in [5, 5.41) is 3.33.